The number of benzene rings is 1. The van der Waals surface area contributed by atoms with E-state index in [4.69, 9.17) is 11.6 Å². The number of nitrogens with one attached hydrogen (secondary N) is 3. The molecule has 0 spiro atoms. The highest BCUT2D eigenvalue weighted by Gasteiger charge is 2.43. The lowest BCUT2D eigenvalue weighted by atomic mass is 9.76. The van der Waals surface area contributed by atoms with E-state index in [0.717, 1.165) is 6.07 Å². The van der Waals surface area contributed by atoms with Crippen molar-refractivity contribution in [2.45, 2.75) is 43.9 Å². The summed E-state index contributed by atoms with van der Waals surface area (Å²) in [4.78, 5) is 23.8. The highest BCUT2D eigenvalue weighted by molar-refractivity contribution is 6.30. The van der Waals surface area contributed by atoms with Gasteiger partial charge in [0.2, 0.25) is 5.91 Å². The van der Waals surface area contributed by atoms with E-state index in [-0.39, 0.29) is 43.2 Å². The molecule has 1 unspecified atom stereocenters. The smallest absolute Gasteiger partial charge is 0.347 e. The molecular weight excluding hydrogens is 402 g/mol. The summed E-state index contributed by atoms with van der Waals surface area (Å²) in [6.45, 7) is 0.113. The third kappa shape index (κ3) is 4.68. The lowest BCUT2D eigenvalue weighted by molar-refractivity contribution is -0.184. The number of amides is 3. The van der Waals surface area contributed by atoms with Crippen LogP contribution in [-0.4, -0.2) is 30.7 Å². The molecule has 1 saturated carbocycles. The maximum Gasteiger partial charge on any atom is 0.391 e. The van der Waals surface area contributed by atoms with Crippen molar-refractivity contribution in [3.8, 4) is 0 Å². The highest BCUT2D eigenvalue weighted by atomic mass is 35.5. The molecule has 3 amide bonds. The van der Waals surface area contributed by atoms with Crippen LogP contribution < -0.4 is 16.0 Å². The third-order valence-electron chi connectivity index (χ3n) is 5.40. The van der Waals surface area contributed by atoms with Gasteiger partial charge in [-0.15, -0.1) is 0 Å². The maximum absolute atomic E-state index is 13.5. The summed E-state index contributed by atoms with van der Waals surface area (Å²) in [7, 11) is 0. The van der Waals surface area contributed by atoms with E-state index in [1.807, 2.05) is 0 Å². The first-order valence-electron chi connectivity index (χ1n) is 9.01. The number of rotatable bonds is 4. The normalized spacial score (nSPS) is 26.3. The first kappa shape index (κ1) is 20.7. The monoisotopic (exact) mass is 421 g/mol. The van der Waals surface area contributed by atoms with E-state index < -0.39 is 41.9 Å². The number of hydrogen-bond acceptors (Lipinski definition) is 2. The summed E-state index contributed by atoms with van der Waals surface area (Å²) >= 11 is 5.86. The fraction of sp³-hybridized carbons (Fsp3) is 0.556. The Morgan fingerprint density at radius 1 is 1.21 bits per heavy atom. The van der Waals surface area contributed by atoms with Crippen LogP contribution in [0.5, 0.6) is 0 Å². The molecule has 2 fully saturated rings. The summed E-state index contributed by atoms with van der Waals surface area (Å²) in [6.07, 6.45) is -3.77. The van der Waals surface area contributed by atoms with Crippen molar-refractivity contribution in [2.24, 2.45) is 11.8 Å². The molecule has 2 aliphatic rings. The van der Waals surface area contributed by atoms with E-state index in [0.29, 0.717) is 5.56 Å². The molecule has 1 heterocycles. The molecular formula is C18H20ClF4N3O2. The SMILES string of the molecule is O=C1NC[C@@H](C(=O)NC(c2ccc(F)c(Cl)c2)[C@H]2CC[C@H](C(F)(F)F)CC2)N1. The standard InChI is InChI=1S/C18H20ClF4N3O2/c19-12-7-10(3-6-13(12)20)15(26-16(27)14-8-24-17(28)25-14)9-1-4-11(5-2-9)18(21,22)23/h3,6-7,9,11,14-15H,1-2,4-5,8H2,(H,26,27)(H2,24,25,28)/t9-,11-,14-,15?/m0/s1. The molecule has 2 atom stereocenters. The van der Waals surface area contributed by atoms with Gasteiger partial charge in [0.05, 0.1) is 17.0 Å². The van der Waals surface area contributed by atoms with Crippen LogP contribution in [0.2, 0.25) is 5.02 Å². The number of urea groups is 1. The second kappa shape index (κ2) is 8.14. The minimum Gasteiger partial charge on any atom is -0.347 e. The fourth-order valence-electron chi connectivity index (χ4n) is 3.83. The fourth-order valence-corrected chi connectivity index (χ4v) is 4.02. The first-order valence-corrected chi connectivity index (χ1v) is 9.39. The molecule has 5 nitrogen and oxygen atoms in total. The van der Waals surface area contributed by atoms with Gasteiger partial charge in [-0.05, 0) is 49.3 Å². The zero-order chi connectivity index (χ0) is 20.5. The van der Waals surface area contributed by atoms with Crippen molar-refractivity contribution in [2.75, 3.05) is 6.54 Å². The molecule has 10 heteroatoms. The number of halogens is 5. The Balaban J connectivity index is 1.78. The zero-order valence-electron chi connectivity index (χ0n) is 14.8. The van der Waals surface area contributed by atoms with Crippen molar-refractivity contribution in [1.29, 1.82) is 0 Å². The first-order chi connectivity index (χ1) is 13.1. The predicted octanol–water partition coefficient (Wildman–Crippen LogP) is 3.69. The van der Waals surface area contributed by atoms with Gasteiger partial charge in [0.15, 0.2) is 0 Å². The van der Waals surface area contributed by atoms with Crippen LogP contribution in [0.1, 0.15) is 37.3 Å². The molecule has 154 valence electrons. The molecule has 1 aromatic carbocycles. The average molecular weight is 422 g/mol. The average Bonchev–Trinajstić information content (AvgIpc) is 3.08. The van der Waals surface area contributed by atoms with E-state index in [2.05, 4.69) is 16.0 Å². The van der Waals surface area contributed by atoms with Gasteiger partial charge in [-0.25, -0.2) is 9.18 Å². The van der Waals surface area contributed by atoms with Crippen LogP contribution in [0.15, 0.2) is 18.2 Å². The summed E-state index contributed by atoms with van der Waals surface area (Å²) < 4.78 is 52.4. The quantitative estimate of drug-likeness (QED) is 0.649. The predicted molar refractivity (Wildman–Crippen MR) is 94.1 cm³/mol. The van der Waals surface area contributed by atoms with Gasteiger partial charge in [-0.2, -0.15) is 13.2 Å². The Kier molecular flexibility index (Phi) is 6.02. The molecule has 1 aliphatic heterocycles. The zero-order valence-corrected chi connectivity index (χ0v) is 15.5. The van der Waals surface area contributed by atoms with Gasteiger partial charge < -0.3 is 16.0 Å². The molecule has 1 saturated heterocycles. The van der Waals surface area contributed by atoms with E-state index in [9.17, 15) is 27.2 Å². The summed E-state index contributed by atoms with van der Waals surface area (Å²) in [5.74, 6) is -2.69. The third-order valence-corrected chi connectivity index (χ3v) is 5.68. The summed E-state index contributed by atoms with van der Waals surface area (Å²) in [6, 6.07) is 2.13. The number of hydrogen-bond donors (Lipinski definition) is 3. The van der Waals surface area contributed by atoms with Gasteiger partial charge in [-0.1, -0.05) is 17.7 Å². The minimum atomic E-state index is -4.23. The second-order valence-corrected chi connectivity index (χ2v) is 7.63. The topological polar surface area (TPSA) is 70.2 Å². The molecule has 0 radical (unpaired) electrons. The maximum atomic E-state index is 13.5. The van der Waals surface area contributed by atoms with Crippen molar-refractivity contribution in [3.63, 3.8) is 0 Å². The number of carbonyl (C=O) groups is 2. The molecule has 28 heavy (non-hydrogen) atoms. The Hall–Kier alpha value is -2.03. The minimum absolute atomic E-state index is 0.0306. The second-order valence-electron chi connectivity index (χ2n) is 7.22. The van der Waals surface area contributed by atoms with Crippen LogP contribution in [0.3, 0.4) is 0 Å². The number of carbonyl (C=O) groups excluding carboxylic acids is 2. The van der Waals surface area contributed by atoms with Gasteiger partial charge >= 0.3 is 12.2 Å². The van der Waals surface area contributed by atoms with Gasteiger partial charge in [-0.3, -0.25) is 4.79 Å². The lowest BCUT2D eigenvalue weighted by Crippen LogP contribution is -2.46. The molecule has 0 bridgehead atoms. The van der Waals surface area contributed by atoms with Crippen LogP contribution in [-0.2, 0) is 4.79 Å². The van der Waals surface area contributed by atoms with Crippen molar-refractivity contribution >= 4 is 23.5 Å². The van der Waals surface area contributed by atoms with Crippen LogP contribution in [0, 0.1) is 17.7 Å². The van der Waals surface area contributed by atoms with Crippen molar-refractivity contribution < 1.29 is 27.2 Å². The van der Waals surface area contributed by atoms with E-state index in [1.165, 1.54) is 12.1 Å². The molecule has 3 rings (SSSR count). The highest BCUT2D eigenvalue weighted by Crippen LogP contribution is 2.43. The Bertz CT molecular complexity index is 751. The largest absolute Gasteiger partial charge is 0.391 e. The molecule has 0 aromatic heterocycles. The summed E-state index contributed by atoms with van der Waals surface area (Å²) in [5, 5.41) is 7.62. The Labute approximate surface area is 164 Å². The number of alkyl halides is 3. The van der Waals surface area contributed by atoms with Gasteiger partial charge in [0.25, 0.3) is 0 Å². The lowest BCUT2D eigenvalue weighted by Gasteiger charge is -2.35. The van der Waals surface area contributed by atoms with E-state index >= 15 is 0 Å². The van der Waals surface area contributed by atoms with Crippen molar-refractivity contribution in [1.82, 2.24) is 16.0 Å². The molecule has 3 N–H and O–H groups in total. The van der Waals surface area contributed by atoms with Crippen LogP contribution in [0.4, 0.5) is 22.4 Å². The Morgan fingerprint density at radius 2 is 1.89 bits per heavy atom. The van der Waals surface area contributed by atoms with Gasteiger partial charge in [0, 0.05) is 6.54 Å². The van der Waals surface area contributed by atoms with Gasteiger partial charge in [0.1, 0.15) is 11.9 Å². The van der Waals surface area contributed by atoms with Crippen LogP contribution in [0.25, 0.3) is 0 Å². The Morgan fingerprint density at radius 3 is 2.43 bits per heavy atom. The summed E-state index contributed by atoms with van der Waals surface area (Å²) in [5.41, 5.74) is 0.521. The molecule has 1 aliphatic carbocycles. The van der Waals surface area contributed by atoms with E-state index in [1.54, 1.807) is 0 Å². The van der Waals surface area contributed by atoms with Crippen LogP contribution >= 0.6 is 11.6 Å². The molecule has 1 aromatic rings. The van der Waals surface area contributed by atoms with Crippen molar-refractivity contribution in [3.05, 3.63) is 34.6 Å².